The maximum atomic E-state index is 13.0. The van der Waals surface area contributed by atoms with Gasteiger partial charge in [0.2, 0.25) is 0 Å². The zero-order chi connectivity index (χ0) is 15.7. The number of nitrogens with zero attached hydrogens (tertiary/aromatic N) is 1. The molecule has 0 bridgehead atoms. The van der Waals surface area contributed by atoms with Gasteiger partial charge in [-0.1, -0.05) is 17.7 Å². The summed E-state index contributed by atoms with van der Waals surface area (Å²) in [7, 11) is 1.63. The van der Waals surface area contributed by atoms with E-state index in [0.717, 1.165) is 25.1 Å². The Morgan fingerprint density at radius 1 is 1.38 bits per heavy atom. The predicted molar refractivity (Wildman–Crippen MR) is 80.0 cm³/mol. The van der Waals surface area contributed by atoms with Crippen LogP contribution in [0.25, 0.3) is 0 Å². The van der Waals surface area contributed by atoms with Gasteiger partial charge in [-0.25, -0.2) is 4.39 Å². The summed E-state index contributed by atoms with van der Waals surface area (Å²) in [6.45, 7) is 2.65. The molecule has 118 valence electrons. The lowest BCUT2D eigenvalue weighted by Gasteiger charge is -2.22. The maximum absolute atomic E-state index is 13.0. The number of unbranched alkanes of at least 4 members (excludes halogenated alkanes) is 1. The van der Waals surface area contributed by atoms with Crippen LogP contribution in [0.4, 0.5) is 4.39 Å². The van der Waals surface area contributed by atoms with Gasteiger partial charge in [-0.2, -0.15) is 0 Å². The fraction of sp³-hybridized carbons (Fsp3) is 0.533. The average molecular weight is 318 g/mol. The number of carbonyl (C=O) groups is 1. The summed E-state index contributed by atoms with van der Waals surface area (Å²) in [5, 5.41) is 9.04. The molecule has 4 nitrogen and oxygen atoms in total. The lowest BCUT2D eigenvalue weighted by atomic mass is 10.2. The molecule has 6 heteroatoms. The van der Waals surface area contributed by atoms with Crippen LogP contribution in [0.1, 0.15) is 24.8 Å². The third kappa shape index (κ3) is 7.41. The number of carboxylic acids is 1. The fourth-order valence-electron chi connectivity index (χ4n) is 1.99. The SMILES string of the molecule is COCCN(CCCCC(=O)O)Cc1ccc(F)cc1Cl. The molecule has 21 heavy (non-hydrogen) atoms. The van der Waals surface area contributed by atoms with Gasteiger partial charge in [-0.3, -0.25) is 9.69 Å². The molecule has 0 spiro atoms. The monoisotopic (exact) mass is 317 g/mol. The number of methoxy groups -OCH3 is 1. The molecule has 0 heterocycles. The van der Waals surface area contributed by atoms with E-state index in [1.807, 2.05) is 0 Å². The minimum absolute atomic E-state index is 0.176. The van der Waals surface area contributed by atoms with E-state index in [2.05, 4.69) is 4.90 Å². The van der Waals surface area contributed by atoms with Crippen molar-refractivity contribution in [3.05, 3.63) is 34.6 Å². The van der Waals surface area contributed by atoms with E-state index in [1.54, 1.807) is 13.2 Å². The minimum Gasteiger partial charge on any atom is -0.481 e. The topological polar surface area (TPSA) is 49.8 Å². The van der Waals surface area contributed by atoms with Crippen LogP contribution in [-0.2, 0) is 16.1 Å². The largest absolute Gasteiger partial charge is 0.481 e. The molecule has 1 rings (SSSR count). The van der Waals surface area contributed by atoms with E-state index in [-0.39, 0.29) is 12.2 Å². The van der Waals surface area contributed by atoms with Crippen molar-refractivity contribution < 1.29 is 19.0 Å². The van der Waals surface area contributed by atoms with E-state index in [4.69, 9.17) is 21.4 Å². The zero-order valence-corrected chi connectivity index (χ0v) is 12.9. The van der Waals surface area contributed by atoms with E-state index < -0.39 is 5.97 Å². The van der Waals surface area contributed by atoms with Gasteiger partial charge in [-0.15, -0.1) is 0 Å². The molecule has 0 aliphatic carbocycles. The summed E-state index contributed by atoms with van der Waals surface area (Å²) in [6, 6.07) is 4.37. The Morgan fingerprint density at radius 3 is 2.76 bits per heavy atom. The Morgan fingerprint density at radius 2 is 2.14 bits per heavy atom. The molecule has 0 radical (unpaired) electrons. The van der Waals surface area contributed by atoms with Gasteiger partial charge in [0.25, 0.3) is 0 Å². The minimum atomic E-state index is -0.778. The molecule has 0 unspecified atom stereocenters. The second-order valence-electron chi connectivity index (χ2n) is 4.86. The molecular weight excluding hydrogens is 297 g/mol. The highest BCUT2D eigenvalue weighted by atomic mass is 35.5. The lowest BCUT2D eigenvalue weighted by Crippen LogP contribution is -2.28. The Labute approximate surface area is 129 Å². The van der Waals surface area contributed by atoms with Crippen molar-refractivity contribution in [3.63, 3.8) is 0 Å². The molecular formula is C15H21ClFNO3. The third-order valence-electron chi connectivity index (χ3n) is 3.14. The van der Waals surface area contributed by atoms with Crippen molar-refractivity contribution in [2.75, 3.05) is 26.8 Å². The van der Waals surface area contributed by atoms with Gasteiger partial charge in [0.15, 0.2) is 0 Å². The summed E-state index contributed by atoms with van der Waals surface area (Å²) in [6.07, 6.45) is 1.60. The Hall–Kier alpha value is -1.17. The Balaban J connectivity index is 2.53. The number of halogens is 2. The number of benzene rings is 1. The fourth-order valence-corrected chi connectivity index (χ4v) is 2.22. The highest BCUT2D eigenvalue weighted by Gasteiger charge is 2.09. The molecule has 0 aliphatic heterocycles. The van der Waals surface area contributed by atoms with Gasteiger partial charge in [-0.05, 0) is 37.1 Å². The molecule has 1 aromatic rings. The molecule has 0 saturated heterocycles. The standard InChI is InChI=1S/C15H21ClFNO3/c1-21-9-8-18(7-3-2-4-15(19)20)11-12-5-6-13(17)10-14(12)16/h5-6,10H,2-4,7-9,11H2,1H3,(H,19,20). The van der Waals surface area contributed by atoms with Crippen LogP contribution in [0.3, 0.4) is 0 Å². The van der Waals surface area contributed by atoms with Crippen LogP contribution in [-0.4, -0.2) is 42.8 Å². The Bertz CT molecular complexity index is 457. The van der Waals surface area contributed by atoms with Crippen LogP contribution in [0.15, 0.2) is 18.2 Å². The predicted octanol–water partition coefficient (Wildman–Crippen LogP) is 3.18. The van der Waals surface area contributed by atoms with Crippen molar-refractivity contribution in [1.29, 1.82) is 0 Å². The van der Waals surface area contributed by atoms with Gasteiger partial charge in [0.1, 0.15) is 5.82 Å². The molecule has 0 atom stereocenters. The highest BCUT2D eigenvalue weighted by molar-refractivity contribution is 6.31. The first-order valence-electron chi connectivity index (χ1n) is 6.90. The zero-order valence-electron chi connectivity index (χ0n) is 12.1. The normalized spacial score (nSPS) is 11.0. The molecule has 0 saturated carbocycles. The first-order valence-corrected chi connectivity index (χ1v) is 7.27. The van der Waals surface area contributed by atoms with Gasteiger partial charge >= 0.3 is 5.97 Å². The van der Waals surface area contributed by atoms with Crippen LogP contribution in [0, 0.1) is 5.82 Å². The van der Waals surface area contributed by atoms with Crippen molar-refractivity contribution in [3.8, 4) is 0 Å². The van der Waals surface area contributed by atoms with Crippen molar-refractivity contribution in [1.82, 2.24) is 4.90 Å². The number of hydrogen-bond donors (Lipinski definition) is 1. The maximum Gasteiger partial charge on any atom is 0.303 e. The third-order valence-corrected chi connectivity index (χ3v) is 3.49. The number of rotatable bonds is 10. The van der Waals surface area contributed by atoms with Crippen LogP contribution < -0.4 is 0 Å². The summed E-state index contributed by atoms with van der Waals surface area (Å²) in [4.78, 5) is 12.6. The summed E-state index contributed by atoms with van der Waals surface area (Å²) < 4.78 is 18.1. The number of ether oxygens (including phenoxy) is 1. The molecule has 1 N–H and O–H groups in total. The Kier molecular flexibility index (Phi) is 8.27. The first kappa shape index (κ1) is 17.9. The van der Waals surface area contributed by atoms with Gasteiger partial charge in [0.05, 0.1) is 6.61 Å². The summed E-state index contributed by atoms with van der Waals surface area (Å²) in [5.41, 5.74) is 0.854. The molecule has 0 amide bonds. The number of hydrogen-bond acceptors (Lipinski definition) is 3. The second kappa shape index (κ2) is 9.71. The average Bonchev–Trinajstić information content (AvgIpc) is 2.43. The summed E-state index contributed by atoms with van der Waals surface area (Å²) >= 11 is 6.03. The van der Waals surface area contributed by atoms with E-state index in [9.17, 15) is 9.18 Å². The molecule has 1 aromatic carbocycles. The highest BCUT2D eigenvalue weighted by Crippen LogP contribution is 2.19. The van der Waals surface area contributed by atoms with E-state index >= 15 is 0 Å². The number of carboxylic acid groups (broad SMARTS) is 1. The number of aliphatic carboxylic acids is 1. The smallest absolute Gasteiger partial charge is 0.303 e. The van der Waals surface area contributed by atoms with Crippen molar-refractivity contribution >= 4 is 17.6 Å². The second-order valence-corrected chi connectivity index (χ2v) is 5.26. The van der Waals surface area contributed by atoms with Gasteiger partial charge in [0, 0.05) is 31.6 Å². The van der Waals surface area contributed by atoms with Gasteiger partial charge < -0.3 is 9.84 Å². The molecule has 0 aliphatic rings. The molecule has 0 aromatic heterocycles. The quantitative estimate of drug-likeness (QED) is 0.673. The van der Waals surface area contributed by atoms with Crippen LogP contribution in [0.2, 0.25) is 5.02 Å². The van der Waals surface area contributed by atoms with Crippen molar-refractivity contribution in [2.24, 2.45) is 0 Å². The lowest BCUT2D eigenvalue weighted by molar-refractivity contribution is -0.137. The first-order chi connectivity index (χ1) is 10.0. The van der Waals surface area contributed by atoms with Crippen LogP contribution >= 0.6 is 11.6 Å². The summed E-state index contributed by atoms with van der Waals surface area (Å²) in [5.74, 6) is -1.13. The van der Waals surface area contributed by atoms with E-state index in [1.165, 1.54) is 12.1 Å². The molecule has 0 fully saturated rings. The van der Waals surface area contributed by atoms with E-state index in [0.29, 0.717) is 24.6 Å². The van der Waals surface area contributed by atoms with Crippen LogP contribution in [0.5, 0.6) is 0 Å². The van der Waals surface area contributed by atoms with Crippen molar-refractivity contribution in [2.45, 2.75) is 25.8 Å².